The first kappa shape index (κ1) is 20.2. The molecule has 0 aliphatic carbocycles. The molecular weight excluding hydrogens is 314 g/mol. The Kier molecular flexibility index (Phi) is 7.29. The number of hydrogen-bond acceptors (Lipinski definition) is 4. The van der Waals surface area contributed by atoms with Gasteiger partial charge in [-0.1, -0.05) is 13.8 Å². The summed E-state index contributed by atoms with van der Waals surface area (Å²) in [4.78, 5) is 9.04. The first-order valence-electron chi connectivity index (χ1n) is 8.19. The van der Waals surface area contributed by atoms with Gasteiger partial charge in [-0.2, -0.15) is 0 Å². The molecule has 2 N–H and O–H groups in total. The molecule has 0 bridgehead atoms. The predicted octanol–water partition coefficient (Wildman–Crippen LogP) is 0.163. The van der Waals surface area contributed by atoms with E-state index in [1.807, 2.05) is 13.8 Å². The number of nitrogens with one attached hydrogen (secondary N) is 2. The van der Waals surface area contributed by atoms with Crippen LogP contribution in [-0.2, 0) is 10.0 Å². The van der Waals surface area contributed by atoms with Gasteiger partial charge in [0, 0.05) is 51.9 Å². The van der Waals surface area contributed by atoms with E-state index >= 15 is 0 Å². The van der Waals surface area contributed by atoms with Crippen LogP contribution in [0.25, 0.3) is 0 Å². The lowest BCUT2D eigenvalue weighted by molar-refractivity contribution is 0.163. The molecule has 0 aromatic carbocycles. The maximum atomic E-state index is 11.4. The molecule has 0 aromatic heterocycles. The molecule has 8 heteroatoms. The van der Waals surface area contributed by atoms with Crippen LogP contribution in [0, 0.1) is 5.92 Å². The van der Waals surface area contributed by atoms with Crippen molar-refractivity contribution >= 4 is 16.0 Å². The number of rotatable bonds is 6. The van der Waals surface area contributed by atoms with E-state index in [9.17, 15) is 8.42 Å². The van der Waals surface area contributed by atoms with E-state index in [1.54, 1.807) is 7.05 Å². The van der Waals surface area contributed by atoms with Gasteiger partial charge in [0.2, 0.25) is 10.0 Å². The standard InChI is InChI=1S/C15H33N5O2S/c1-13(2)11-19-7-9-20(10-8-19)14(16-5)17-12-15(3,4)18-23(6,21)22/h13,18H,7-12H2,1-6H3,(H,16,17). The van der Waals surface area contributed by atoms with Crippen molar-refractivity contribution in [2.24, 2.45) is 10.9 Å². The minimum Gasteiger partial charge on any atom is -0.354 e. The van der Waals surface area contributed by atoms with Crippen molar-refractivity contribution in [3.05, 3.63) is 0 Å². The lowest BCUT2D eigenvalue weighted by Gasteiger charge is -2.38. The summed E-state index contributed by atoms with van der Waals surface area (Å²) in [6, 6.07) is 0. The Balaban J connectivity index is 2.50. The second-order valence-corrected chi connectivity index (χ2v) is 9.09. The smallest absolute Gasteiger partial charge is 0.209 e. The molecule has 1 fully saturated rings. The van der Waals surface area contributed by atoms with Crippen molar-refractivity contribution in [1.82, 2.24) is 19.8 Å². The van der Waals surface area contributed by atoms with E-state index in [1.165, 1.54) is 6.26 Å². The summed E-state index contributed by atoms with van der Waals surface area (Å²) in [5.74, 6) is 1.51. The van der Waals surface area contributed by atoms with Gasteiger partial charge in [0.25, 0.3) is 0 Å². The minimum absolute atomic E-state index is 0.485. The Labute approximate surface area is 141 Å². The Morgan fingerprint density at radius 1 is 1.22 bits per heavy atom. The number of guanidine groups is 1. The fourth-order valence-corrected chi connectivity index (χ4v) is 3.90. The summed E-state index contributed by atoms with van der Waals surface area (Å²) < 4.78 is 25.4. The molecule has 1 aliphatic heterocycles. The Morgan fingerprint density at radius 2 is 1.78 bits per heavy atom. The number of sulfonamides is 1. The van der Waals surface area contributed by atoms with E-state index < -0.39 is 15.6 Å². The highest BCUT2D eigenvalue weighted by molar-refractivity contribution is 7.88. The van der Waals surface area contributed by atoms with Gasteiger partial charge in [-0.25, -0.2) is 13.1 Å². The van der Waals surface area contributed by atoms with Crippen LogP contribution in [0.1, 0.15) is 27.7 Å². The lowest BCUT2D eigenvalue weighted by atomic mass is 10.1. The van der Waals surface area contributed by atoms with E-state index in [-0.39, 0.29) is 0 Å². The third kappa shape index (κ3) is 7.99. The van der Waals surface area contributed by atoms with Crippen LogP contribution in [-0.4, -0.2) is 82.3 Å². The largest absolute Gasteiger partial charge is 0.354 e. The van der Waals surface area contributed by atoms with Crippen LogP contribution in [0.4, 0.5) is 0 Å². The van der Waals surface area contributed by atoms with Crippen molar-refractivity contribution in [2.75, 3.05) is 52.6 Å². The van der Waals surface area contributed by atoms with Gasteiger partial charge in [-0.3, -0.25) is 9.89 Å². The molecule has 1 saturated heterocycles. The Hall–Kier alpha value is -0.860. The molecule has 1 aliphatic rings. The number of hydrogen-bond donors (Lipinski definition) is 2. The Morgan fingerprint density at radius 3 is 2.22 bits per heavy atom. The van der Waals surface area contributed by atoms with Crippen LogP contribution in [0.5, 0.6) is 0 Å². The lowest BCUT2D eigenvalue weighted by Crippen LogP contribution is -2.57. The SMILES string of the molecule is CN=C(NCC(C)(C)NS(C)(=O)=O)N1CCN(CC(C)C)CC1. The molecule has 0 radical (unpaired) electrons. The zero-order valence-corrected chi connectivity index (χ0v) is 16.2. The van der Waals surface area contributed by atoms with E-state index in [0.717, 1.165) is 38.7 Å². The molecule has 0 spiro atoms. The summed E-state index contributed by atoms with van der Waals surface area (Å²) >= 11 is 0. The average Bonchev–Trinajstić information content (AvgIpc) is 2.37. The molecular formula is C15H33N5O2S. The zero-order chi connectivity index (χ0) is 17.7. The number of nitrogens with zero attached hydrogens (tertiary/aromatic N) is 3. The van der Waals surface area contributed by atoms with Crippen LogP contribution in [0.15, 0.2) is 4.99 Å². The van der Waals surface area contributed by atoms with Gasteiger partial charge in [0.1, 0.15) is 0 Å². The average molecular weight is 348 g/mol. The first-order valence-corrected chi connectivity index (χ1v) is 10.1. The fourth-order valence-electron chi connectivity index (χ4n) is 2.83. The number of aliphatic imine (C=N–C) groups is 1. The van der Waals surface area contributed by atoms with Crippen molar-refractivity contribution in [1.29, 1.82) is 0 Å². The van der Waals surface area contributed by atoms with E-state index in [4.69, 9.17) is 0 Å². The van der Waals surface area contributed by atoms with Crippen LogP contribution in [0.3, 0.4) is 0 Å². The zero-order valence-electron chi connectivity index (χ0n) is 15.4. The van der Waals surface area contributed by atoms with Crippen LogP contribution >= 0.6 is 0 Å². The quantitative estimate of drug-likeness (QED) is 0.529. The van der Waals surface area contributed by atoms with E-state index in [0.29, 0.717) is 12.5 Å². The second kappa shape index (κ2) is 8.30. The summed E-state index contributed by atoms with van der Waals surface area (Å²) in [5.41, 5.74) is -0.566. The molecule has 23 heavy (non-hydrogen) atoms. The Bertz CT molecular complexity index is 494. The molecule has 0 atom stereocenters. The maximum Gasteiger partial charge on any atom is 0.209 e. The highest BCUT2D eigenvalue weighted by Gasteiger charge is 2.25. The van der Waals surface area contributed by atoms with Gasteiger partial charge in [0.15, 0.2) is 5.96 Å². The van der Waals surface area contributed by atoms with Gasteiger partial charge in [-0.15, -0.1) is 0 Å². The van der Waals surface area contributed by atoms with Crippen molar-refractivity contribution in [2.45, 2.75) is 33.2 Å². The van der Waals surface area contributed by atoms with Crippen LogP contribution < -0.4 is 10.0 Å². The molecule has 0 amide bonds. The van der Waals surface area contributed by atoms with Gasteiger partial charge in [0.05, 0.1) is 6.26 Å². The maximum absolute atomic E-state index is 11.4. The fraction of sp³-hybridized carbons (Fsp3) is 0.933. The summed E-state index contributed by atoms with van der Waals surface area (Å²) in [6.07, 6.45) is 1.18. The second-order valence-electron chi connectivity index (χ2n) is 7.34. The molecule has 136 valence electrons. The molecule has 1 heterocycles. The predicted molar refractivity (Wildman–Crippen MR) is 96.3 cm³/mol. The molecule has 0 unspecified atom stereocenters. The summed E-state index contributed by atoms with van der Waals surface area (Å²) in [7, 11) is -1.47. The third-order valence-electron chi connectivity index (χ3n) is 3.66. The highest BCUT2D eigenvalue weighted by atomic mass is 32.2. The normalized spacial score (nSPS) is 18.6. The molecule has 1 rings (SSSR count). The monoisotopic (exact) mass is 347 g/mol. The van der Waals surface area contributed by atoms with Gasteiger partial charge in [-0.05, 0) is 19.8 Å². The summed E-state index contributed by atoms with van der Waals surface area (Å²) in [6.45, 7) is 13.7. The summed E-state index contributed by atoms with van der Waals surface area (Å²) in [5, 5.41) is 3.29. The molecule has 0 aromatic rings. The molecule has 0 saturated carbocycles. The third-order valence-corrected chi connectivity index (χ3v) is 4.58. The van der Waals surface area contributed by atoms with Crippen molar-refractivity contribution < 1.29 is 8.42 Å². The van der Waals surface area contributed by atoms with E-state index in [2.05, 4.69) is 38.7 Å². The van der Waals surface area contributed by atoms with Crippen molar-refractivity contribution in [3.63, 3.8) is 0 Å². The topological polar surface area (TPSA) is 77.0 Å². The van der Waals surface area contributed by atoms with Crippen molar-refractivity contribution in [3.8, 4) is 0 Å². The minimum atomic E-state index is -3.23. The highest BCUT2D eigenvalue weighted by Crippen LogP contribution is 2.07. The van der Waals surface area contributed by atoms with Gasteiger partial charge < -0.3 is 10.2 Å². The molecule has 7 nitrogen and oxygen atoms in total. The van der Waals surface area contributed by atoms with Crippen LogP contribution in [0.2, 0.25) is 0 Å². The van der Waals surface area contributed by atoms with Gasteiger partial charge >= 0.3 is 0 Å². The first-order chi connectivity index (χ1) is 10.5. The number of piperazine rings is 1.